The molecule has 2 aliphatic rings. The molecule has 6 N–H and O–H groups in total. The molecule has 3 heterocycles. The van der Waals surface area contributed by atoms with Crippen LogP contribution in [0.1, 0.15) is 33.9 Å². The topological polar surface area (TPSA) is 139 Å². The van der Waals surface area contributed by atoms with Crippen molar-refractivity contribution in [1.82, 2.24) is 21.0 Å². The fraction of sp³-hybridized carbons (Fsp3) is 0.200. The number of halogens is 1. The van der Waals surface area contributed by atoms with Crippen LogP contribution in [0.25, 0.3) is 0 Å². The summed E-state index contributed by atoms with van der Waals surface area (Å²) in [5.41, 5.74) is 8.06. The summed E-state index contributed by atoms with van der Waals surface area (Å²) in [7, 11) is -1.64. The number of hydrazine groups is 1. The number of carbonyl (C=O) groups is 2. The van der Waals surface area contributed by atoms with Gasteiger partial charge in [0.1, 0.15) is 0 Å². The second-order valence-electron chi connectivity index (χ2n) is 8.81. The van der Waals surface area contributed by atoms with Crippen LogP contribution in [0.2, 0.25) is 5.02 Å². The molecule has 2 atom stereocenters. The molecule has 3 aromatic rings. The van der Waals surface area contributed by atoms with Crippen LogP contribution < -0.4 is 25.8 Å². The first-order chi connectivity index (χ1) is 18.7. The summed E-state index contributed by atoms with van der Waals surface area (Å²) in [4.78, 5) is 28.9. The van der Waals surface area contributed by atoms with Crippen molar-refractivity contribution in [1.29, 1.82) is 0 Å². The Morgan fingerprint density at radius 2 is 1.87 bits per heavy atom. The molecule has 39 heavy (non-hydrogen) atoms. The van der Waals surface area contributed by atoms with E-state index in [1.165, 1.54) is 28.3 Å². The zero-order chi connectivity index (χ0) is 27.7. The molecule has 1 amide bonds. The van der Waals surface area contributed by atoms with Crippen LogP contribution in [0.3, 0.4) is 0 Å². The Morgan fingerprint density at radius 1 is 1.15 bits per heavy atom. The third-order valence-electron chi connectivity index (χ3n) is 6.41. The molecule has 2 aromatic carbocycles. The van der Waals surface area contributed by atoms with E-state index in [4.69, 9.17) is 23.8 Å². The number of amides is 1. The van der Waals surface area contributed by atoms with Crippen molar-refractivity contribution in [3.63, 3.8) is 0 Å². The number of thiocarbonyl (C=S) groups is 1. The fourth-order valence-electron chi connectivity index (χ4n) is 4.40. The third-order valence-corrected chi connectivity index (χ3v) is 9.85. The molecule has 10 nitrogen and oxygen atoms in total. The second kappa shape index (κ2) is 11.2. The summed E-state index contributed by atoms with van der Waals surface area (Å²) < 4.78 is 23.7. The normalized spacial score (nSPS) is 20.2. The minimum Gasteiger partial charge on any atom is -0.350 e. The van der Waals surface area contributed by atoms with Crippen LogP contribution in [0.4, 0.5) is 11.5 Å². The number of carbonyl (C=O) groups excluding carboxylic acids is 2. The molecule has 0 aliphatic carbocycles. The molecule has 2 aliphatic heterocycles. The van der Waals surface area contributed by atoms with Crippen molar-refractivity contribution >= 4 is 74.0 Å². The van der Waals surface area contributed by atoms with Gasteiger partial charge in [-0.15, -0.1) is 0 Å². The Kier molecular flexibility index (Phi) is 7.89. The van der Waals surface area contributed by atoms with Crippen molar-refractivity contribution in [3.8, 4) is 0 Å². The maximum atomic E-state index is 12.5. The van der Waals surface area contributed by atoms with Gasteiger partial charge in [0.15, 0.2) is 10.9 Å². The molecule has 1 fully saturated rings. The van der Waals surface area contributed by atoms with E-state index < -0.39 is 28.8 Å². The number of rotatable bonds is 5. The van der Waals surface area contributed by atoms with Gasteiger partial charge in [-0.3, -0.25) is 33.9 Å². The number of pyridine rings is 1. The largest absolute Gasteiger partial charge is 0.350 e. The van der Waals surface area contributed by atoms with Gasteiger partial charge in [0.05, 0.1) is 33.3 Å². The van der Waals surface area contributed by atoms with E-state index in [1.54, 1.807) is 19.2 Å². The number of hydrogen-bond acceptors (Lipinski definition) is 9. The summed E-state index contributed by atoms with van der Waals surface area (Å²) in [5, 5.41) is 6.27. The fourth-order valence-corrected chi connectivity index (χ4v) is 7.21. The first-order valence-corrected chi connectivity index (χ1v) is 15.1. The van der Waals surface area contributed by atoms with E-state index >= 15 is 0 Å². The molecule has 5 rings (SSSR count). The van der Waals surface area contributed by atoms with Crippen molar-refractivity contribution in [2.75, 3.05) is 22.5 Å². The molecule has 1 aromatic heterocycles. The van der Waals surface area contributed by atoms with Crippen LogP contribution in [0.5, 0.6) is 0 Å². The Bertz CT molecular complexity index is 1460. The Morgan fingerprint density at radius 3 is 2.59 bits per heavy atom. The number of aromatic nitrogens is 1. The average molecular weight is 605 g/mol. The van der Waals surface area contributed by atoms with Crippen molar-refractivity contribution in [2.24, 2.45) is 0 Å². The summed E-state index contributed by atoms with van der Waals surface area (Å²) in [6.45, 7) is 0. The Balaban J connectivity index is 1.31. The monoisotopic (exact) mass is 604 g/mol. The lowest BCUT2D eigenvalue weighted by Crippen LogP contribution is -2.41. The number of fused-ring (bicyclic) bond motifs is 2. The number of thioether (sulfide) groups is 1. The predicted molar refractivity (Wildman–Crippen MR) is 159 cm³/mol. The first-order valence-electron chi connectivity index (χ1n) is 11.8. The SMILES string of the molecule is CN1c2ccccc2C(NC(=S)NNc2ncc(C(=O)NC3CCSC3=O)cc2Cl)c2ccccc2S1(O)O. The number of nitrogens with zero attached hydrogens (tertiary/aromatic N) is 2. The molecule has 204 valence electrons. The average Bonchev–Trinajstić information content (AvgIpc) is 3.31. The number of nitrogens with one attached hydrogen (secondary N) is 4. The van der Waals surface area contributed by atoms with Gasteiger partial charge in [-0.25, -0.2) is 4.98 Å². The smallest absolute Gasteiger partial charge is 0.253 e. The Labute approximate surface area is 241 Å². The lowest BCUT2D eigenvalue weighted by molar-refractivity contribution is -0.112. The maximum Gasteiger partial charge on any atom is 0.253 e. The zero-order valence-electron chi connectivity index (χ0n) is 20.6. The van der Waals surface area contributed by atoms with E-state index in [-0.39, 0.29) is 26.6 Å². The van der Waals surface area contributed by atoms with Crippen LogP contribution in [-0.4, -0.2) is 49.1 Å². The maximum absolute atomic E-state index is 12.5. The molecule has 0 spiro atoms. The van der Waals surface area contributed by atoms with Gasteiger partial charge in [0.25, 0.3) is 5.91 Å². The summed E-state index contributed by atoms with van der Waals surface area (Å²) in [6, 6.07) is 15.0. The highest BCUT2D eigenvalue weighted by Gasteiger charge is 2.35. The van der Waals surface area contributed by atoms with E-state index in [2.05, 4.69) is 26.5 Å². The molecular weight excluding hydrogens is 580 g/mol. The van der Waals surface area contributed by atoms with E-state index in [1.807, 2.05) is 36.4 Å². The van der Waals surface area contributed by atoms with Gasteiger partial charge < -0.3 is 10.6 Å². The zero-order valence-corrected chi connectivity index (χ0v) is 23.8. The van der Waals surface area contributed by atoms with Gasteiger partial charge in [-0.05, 0) is 36.8 Å². The third kappa shape index (κ3) is 5.51. The minimum atomic E-state index is -3.29. The number of hydrogen-bond donors (Lipinski definition) is 6. The lowest BCUT2D eigenvalue weighted by atomic mass is 9.97. The van der Waals surface area contributed by atoms with E-state index in [0.29, 0.717) is 28.3 Å². The number of anilines is 2. The van der Waals surface area contributed by atoms with Crippen LogP contribution >= 0.6 is 46.4 Å². The predicted octanol–water partition coefficient (Wildman–Crippen LogP) is 4.55. The molecule has 0 radical (unpaired) electrons. The highest BCUT2D eigenvalue weighted by Crippen LogP contribution is 2.58. The van der Waals surface area contributed by atoms with Crippen molar-refractivity contribution in [3.05, 3.63) is 82.5 Å². The van der Waals surface area contributed by atoms with Gasteiger partial charge in [-0.1, -0.05) is 70.5 Å². The van der Waals surface area contributed by atoms with Crippen LogP contribution in [0.15, 0.2) is 65.7 Å². The van der Waals surface area contributed by atoms with Crippen molar-refractivity contribution in [2.45, 2.75) is 23.4 Å². The number of benzene rings is 2. The van der Waals surface area contributed by atoms with Crippen molar-refractivity contribution < 1.29 is 18.7 Å². The van der Waals surface area contributed by atoms with Gasteiger partial charge in [0.2, 0.25) is 5.12 Å². The lowest BCUT2D eigenvalue weighted by Gasteiger charge is -2.41. The first kappa shape index (κ1) is 27.5. The van der Waals surface area contributed by atoms with Crippen LogP contribution in [-0.2, 0) is 4.79 Å². The summed E-state index contributed by atoms with van der Waals surface area (Å²) in [5.74, 6) is 0.492. The summed E-state index contributed by atoms with van der Waals surface area (Å²) >= 11 is 13.1. The van der Waals surface area contributed by atoms with Crippen LogP contribution in [0, 0.1) is 0 Å². The van der Waals surface area contributed by atoms with E-state index in [0.717, 1.165) is 5.56 Å². The molecular formula is C25H25ClN6O4S3. The second-order valence-corrected chi connectivity index (χ2v) is 12.7. The molecule has 2 unspecified atom stereocenters. The highest BCUT2D eigenvalue weighted by atomic mass is 35.5. The Hall–Kier alpha value is -3.07. The highest BCUT2D eigenvalue weighted by molar-refractivity contribution is 8.25. The van der Waals surface area contributed by atoms with Gasteiger partial charge >= 0.3 is 0 Å². The number of para-hydroxylation sites is 1. The van der Waals surface area contributed by atoms with Gasteiger partial charge in [0, 0.05) is 30.1 Å². The van der Waals surface area contributed by atoms with Gasteiger partial charge in [-0.2, -0.15) is 0 Å². The molecule has 0 saturated carbocycles. The molecule has 14 heteroatoms. The molecule has 0 bridgehead atoms. The molecule has 1 saturated heterocycles. The quantitative estimate of drug-likeness (QED) is 0.181. The standard InChI is InChI=1S/C25H25ClN6O4S3/c1-32-19-8-4-2-6-15(19)21(16-7-3-5-9-20(16)39(32,35)36)29-25(37)31-30-22-17(26)12-14(13-27-22)23(33)28-18-10-11-38-24(18)34/h2-9,12-13,18,21,35-36H,10-11H2,1H3,(H,27,30)(H,28,33)(H2,29,31,37). The minimum absolute atomic E-state index is 0.0541. The summed E-state index contributed by atoms with van der Waals surface area (Å²) in [6.07, 6.45) is 1.95. The van der Waals surface area contributed by atoms with E-state index in [9.17, 15) is 18.7 Å².